The highest BCUT2D eigenvalue weighted by Gasteiger charge is 2.22. The van der Waals surface area contributed by atoms with Gasteiger partial charge in [-0.1, -0.05) is 19.3 Å². The molecule has 0 spiro atoms. The van der Waals surface area contributed by atoms with Crippen molar-refractivity contribution in [1.29, 1.82) is 0 Å². The lowest BCUT2D eigenvalue weighted by atomic mass is 9.89. The minimum atomic E-state index is 0.0457. The molecular formula is C21H34N4O2S. The third kappa shape index (κ3) is 6.85. The number of carbonyl (C=O) groups excluding carboxylic acids is 2. The number of hydrogen-bond acceptors (Lipinski definition) is 5. The van der Waals surface area contributed by atoms with Gasteiger partial charge in [0, 0.05) is 37.4 Å². The van der Waals surface area contributed by atoms with E-state index in [1.165, 1.54) is 12.1 Å². The summed E-state index contributed by atoms with van der Waals surface area (Å²) in [5.41, 5.74) is 1.17. The van der Waals surface area contributed by atoms with Crippen molar-refractivity contribution in [3.63, 3.8) is 0 Å². The second-order valence-electron chi connectivity index (χ2n) is 8.26. The third-order valence-corrected chi connectivity index (χ3v) is 6.80. The van der Waals surface area contributed by atoms with E-state index in [0.29, 0.717) is 18.9 Å². The van der Waals surface area contributed by atoms with Crippen molar-refractivity contribution < 1.29 is 9.59 Å². The molecule has 1 aromatic heterocycles. The van der Waals surface area contributed by atoms with E-state index in [4.69, 9.17) is 0 Å². The number of rotatable bonds is 8. The first kappa shape index (κ1) is 21.2. The van der Waals surface area contributed by atoms with E-state index in [9.17, 15) is 9.59 Å². The van der Waals surface area contributed by atoms with Gasteiger partial charge in [-0.25, -0.2) is 4.98 Å². The van der Waals surface area contributed by atoms with E-state index in [0.717, 1.165) is 69.7 Å². The number of hydrogen-bond donors (Lipinski definition) is 2. The van der Waals surface area contributed by atoms with E-state index in [-0.39, 0.29) is 17.7 Å². The van der Waals surface area contributed by atoms with Gasteiger partial charge in [0.05, 0.1) is 10.7 Å². The van der Waals surface area contributed by atoms with Gasteiger partial charge in [-0.3, -0.25) is 14.5 Å². The van der Waals surface area contributed by atoms with Crippen LogP contribution in [0.25, 0.3) is 0 Å². The largest absolute Gasteiger partial charge is 0.356 e. The molecule has 1 aromatic rings. The van der Waals surface area contributed by atoms with Crippen molar-refractivity contribution >= 4 is 23.2 Å². The lowest BCUT2D eigenvalue weighted by Gasteiger charge is -2.31. The van der Waals surface area contributed by atoms with Gasteiger partial charge >= 0.3 is 0 Å². The van der Waals surface area contributed by atoms with Crippen molar-refractivity contribution in [3.8, 4) is 0 Å². The van der Waals surface area contributed by atoms with Crippen molar-refractivity contribution in [3.05, 3.63) is 16.1 Å². The summed E-state index contributed by atoms with van der Waals surface area (Å²) >= 11 is 1.71. The quantitative estimate of drug-likeness (QED) is 0.696. The molecule has 156 valence electrons. The number of amides is 2. The molecule has 7 heteroatoms. The molecule has 0 bridgehead atoms. The molecule has 1 aliphatic heterocycles. The van der Waals surface area contributed by atoms with Crippen LogP contribution in [0.3, 0.4) is 0 Å². The summed E-state index contributed by atoms with van der Waals surface area (Å²) in [7, 11) is 0. The van der Waals surface area contributed by atoms with Gasteiger partial charge in [0.25, 0.3) is 0 Å². The van der Waals surface area contributed by atoms with Crippen molar-refractivity contribution in [2.75, 3.05) is 26.2 Å². The molecule has 2 fully saturated rings. The number of nitrogens with zero attached hydrogens (tertiary/aromatic N) is 2. The molecule has 0 atom stereocenters. The Kier molecular flexibility index (Phi) is 8.27. The zero-order chi connectivity index (χ0) is 19.8. The summed E-state index contributed by atoms with van der Waals surface area (Å²) in [6.45, 7) is 6.31. The first-order valence-corrected chi connectivity index (χ1v) is 11.7. The molecule has 2 N–H and O–H groups in total. The Labute approximate surface area is 172 Å². The summed E-state index contributed by atoms with van der Waals surface area (Å²) in [5, 5.41) is 9.27. The molecular weight excluding hydrogens is 372 g/mol. The van der Waals surface area contributed by atoms with Crippen LogP contribution in [-0.4, -0.2) is 47.9 Å². The highest BCUT2D eigenvalue weighted by Crippen LogP contribution is 2.23. The average Bonchev–Trinajstić information content (AvgIpc) is 3.12. The summed E-state index contributed by atoms with van der Waals surface area (Å²) in [6.07, 6.45) is 8.15. The number of aromatic nitrogens is 1. The van der Waals surface area contributed by atoms with Gasteiger partial charge in [0.2, 0.25) is 11.8 Å². The van der Waals surface area contributed by atoms with Gasteiger partial charge < -0.3 is 10.6 Å². The lowest BCUT2D eigenvalue weighted by molar-refractivity contribution is -0.126. The van der Waals surface area contributed by atoms with Gasteiger partial charge in [0.15, 0.2) is 0 Å². The smallest absolute Gasteiger partial charge is 0.223 e. The van der Waals surface area contributed by atoms with E-state index in [2.05, 4.69) is 25.9 Å². The normalized spacial score (nSPS) is 19.5. The Morgan fingerprint density at radius 2 is 1.89 bits per heavy atom. The maximum absolute atomic E-state index is 12.1. The molecule has 2 amide bonds. The van der Waals surface area contributed by atoms with Crippen LogP contribution in [0.5, 0.6) is 0 Å². The standard InChI is InChI=1S/C21H34N4O2S/c1-16-24-19(15-28-16)14-25-11-8-17(9-12-25)13-23-20(26)7-10-22-21(27)18-5-3-2-4-6-18/h15,17-18H,2-14H2,1H3,(H,22,27)(H,23,26). The molecule has 28 heavy (non-hydrogen) atoms. The highest BCUT2D eigenvalue weighted by molar-refractivity contribution is 7.09. The van der Waals surface area contributed by atoms with Crippen LogP contribution >= 0.6 is 11.3 Å². The fraction of sp³-hybridized carbons (Fsp3) is 0.762. The molecule has 0 aromatic carbocycles. The van der Waals surface area contributed by atoms with Crippen LogP contribution < -0.4 is 10.6 Å². The van der Waals surface area contributed by atoms with Crippen molar-refractivity contribution in [2.24, 2.45) is 11.8 Å². The van der Waals surface area contributed by atoms with Crippen LogP contribution in [0, 0.1) is 18.8 Å². The minimum absolute atomic E-state index is 0.0457. The molecule has 1 saturated carbocycles. The fourth-order valence-electron chi connectivity index (χ4n) is 4.21. The Morgan fingerprint density at radius 3 is 2.57 bits per heavy atom. The minimum Gasteiger partial charge on any atom is -0.356 e. The summed E-state index contributed by atoms with van der Waals surface area (Å²) in [4.78, 5) is 31.2. The number of thiazole rings is 1. The SMILES string of the molecule is Cc1nc(CN2CCC(CNC(=O)CCNC(=O)C3CCCCC3)CC2)cs1. The molecule has 1 saturated heterocycles. The maximum Gasteiger partial charge on any atom is 0.223 e. The van der Waals surface area contributed by atoms with E-state index in [1.54, 1.807) is 11.3 Å². The Morgan fingerprint density at radius 1 is 1.14 bits per heavy atom. The van der Waals surface area contributed by atoms with Crippen LogP contribution in [0.1, 0.15) is 62.1 Å². The second kappa shape index (κ2) is 10.9. The molecule has 1 aliphatic carbocycles. The molecule has 3 rings (SSSR count). The number of aryl methyl sites for hydroxylation is 1. The highest BCUT2D eigenvalue weighted by atomic mass is 32.1. The first-order chi connectivity index (χ1) is 13.6. The Hall–Kier alpha value is -1.47. The van der Waals surface area contributed by atoms with Crippen LogP contribution in [0.2, 0.25) is 0 Å². The zero-order valence-corrected chi connectivity index (χ0v) is 17.9. The first-order valence-electron chi connectivity index (χ1n) is 10.8. The molecule has 2 aliphatic rings. The van der Waals surface area contributed by atoms with Crippen molar-refractivity contribution in [1.82, 2.24) is 20.5 Å². The number of nitrogens with one attached hydrogen (secondary N) is 2. The fourth-order valence-corrected chi connectivity index (χ4v) is 4.82. The number of likely N-dealkylation sites (tertiary alicyclic amines) is 1. The Bertz CT molecular complexity index is 634. The topological polar surface area (TPSA) is 74.3 Å². The second-order valence-corrected chi connectivity index (χ2v) is 9.32. The van der Waals surface area contributed by atoms with E-state index in [1.807, 2.05) is 6.92 Å². The van der Waals surface area contributed by atoms with Gasteiger partial charge in [-0.15, -0.1) is 11.3 Å². The van der Waals surface area contributed by atoms with E-state index < -0.39 is 0 Å². The van der Waals surface area contributed by atoms with Crippen LogP contribution in [0.4, 0.5) is 0 Å². The molecule has 6 nitrogen and oxygen atoms in total. The van der Waals surface area contributed by atoms with Gasteiger partial charge in [0.1, 0.15) is 0 Å². The average molecular weight is 407 g/mol. The van der Waals surface area contributed by atoms with Gasteiger partial charge in [-0.05, 0) is 51.6 Å². The van der Waals surface area contributed by atoms with E-state index >= 15 is 0 Å². The van der Waals surface area contributed by atoms with Crippen molar-refractivity contribution in [2.45, 2.75) is 64.8 Å². The summed E-state index contributed by atoms with van der Waals surface area (Å²) in [6, 6.07) is 0. The number of carbonyl (C=O) groups is 2. The lowest BCUT2D eigenvalue weighted by Crippen LogP contribution is -2.39. The molecule has 0 radical (unpaired) electrons. The summed E-state index contributed by atoms with van der Waals surface area (Å²) in [5.74, 6) is 0.892. The number of piperidine rings is 1. The monoisotopic (exact) mass is 406 g/mol. The maximum atomic E-state index is 12.1. The van der Waals surface area contributed by atoms with Crippen LogP contribution in [-0.2, 0) is 16.1 Å². The predicted octanol–water partition coefficient (Wildman–Crippen LogP) is 2.87. The van der Waals surface area contributed by atoms with Gasteiger partial charge in [-0.2, -0.15) is 0 Å². The Balaban J connectivity index is 1.24. The predicted molar refractivity (Wildman–Crippen MR) is 112 cm³/mol. The van der Waals surface area contributed by atoms with Crippen LogP contribution in [0.15, 0.2) is 5.38 Å². The third-order valence-electron chi connectivity index (χ3n) is 5.97. The molecule has 2 heterocycles. The molecule has 0 unspecified atom stereocenters. The zero-order valence-electron chi connectivity index (χ0n) is 17.0. The summed E-state index contributed by atoms with van der Waals surface area (Å²) < 4.78 is 0.